The smallest absolute Gasteiger partial charge is 0.138 e. The van der Waals surface area contributed by atoms with Crippen molar-refractivity contribution >= 4 is 11.3 Å². The maximum atomic E-state index is 5.84. The standard InChI is InChI=1S/C19H22N4OS/c1-14-5-9-25-18(14)12-22-7-8-23-16(10-21-19(23)15(22)2)13-24-17-4-3-6-20-11-17/h3-6,9-11,15H,7-8,12-13H2,1-2H3/t15-/m0/s1. The van der Waals surface area contributed by atoms with Gasteiger partial charge in [-0.05, 0) is 43.0 Å². The highest BCUT2D eigenvalue weighted by Crippen LogP contribution is 2.29. The number of hydrogen-bond acceptors (Lipinski definition) is 5. The summed E-state index contributed by atoms with van der Waals surface area (Å²) in [5, 5.41) is 2.17. The van der Waals surface area contributed by atoms with Crippen molar-refractivity contribution in [2.45, 2.75) is 39.6 Å². The number of fused-ring (bicyclic) bond motifs is 1. The van der Waals surface area contributed by atoms with Crippen LogP contribution in [-0.4, -0.2) is 26.0 Å². The molecule has 1 aliphatic heterocycles. The van der Waals surface area contributed by atoms with Gasteiger partial charge in [0.05, 0.1) is 24.1 Å². The van der Waals surface area contributed by atoms with Gasteiger partial charge in [-0.3, -0.25) is 9.88 Å². The van der Waals surface area contributed by atoms with Crippen LogP contribution in [0.15, 0.2) is 42.2 Å². The zero-order valence-electron chi connectivity index (χ0n) is 14.6. The zero-order valence-corrected chi connectivity index (χ0v) is 15.4. The van der Waals surface area contributed by atoms with Crippen LogP contribution in [0.3, 0.4) is 0 Å². The number of thiophene rings is 1. The molecule has 4 rings (SSSR count). The Morgan fingerprint density at radius 3 is 2.96 bits per heavy atom. The highest BCUT2D eigenvalue weighted by molar-refractivity contribution is 7.10. The van der Waals surface area contributed by atoms with E-state index >= 15 is 0 Å². The van der Waals surface area contributed by atoms with Crippen LogP contribution in [0.25, 0.3) is 0 Å². The average molecular weight is 354 g/mol. The van der Waals surface area contributed by atoms with Gasteiger partial charge in [-0.15, -0.1) is 11.3 Å². The van der Waals surface area contributed by atoms with E-state index in [0.717, 1.165) is 36.9 Å². The zero-order chi connectivity index (χ0) is 17.2. The van der Waals surface area contributed by atoms with Gasteiger partial charge in [0, 0.05) is 30.7 Å². The van der Waals surface area contributed by atoms with Crippen LogP contribution in [0.1, 0.15) is 34.9 Å². The minimum absolute atomic E-state index is 0.308. The second-order valence-electron chi connectivity index (χ2n) is 6.41. The van der Waals surface area contributed by atoms with Crippen LogP contribution in [0.4, 0.5) is 0 Å². The fraction of sp³-hybridized carbons (Fsp3) is 0.368. The molecule has 0 amide bonds. The number of aromatic nitrogens is 3. The van der Waals surface area contributed by atoms with E-state index in [4.69, 9.17) is 4.74 Å². The molecule has 0 N–H and O–H groups in total. The lowest BCUT2D eigenvalue weighted by molar-refractivity contribution is 0.153. The molecular formula is C19H22N4OS. The summed E-state index contributed by atoms with van der Waals surface area (Å²) in [4.78, 5) is 12.7. The Kier molecular flexibility index (Phi) is 4.55. The Balaban J connectivity index is 1.46. The van der Waals surface area contributed by atoms with Gasteiger partial charge >= 0.3 is 0 Å². The highest BCUT2D eigenvalue weighted by Gasteiger charge is 2.27. The number of aryl methyl sites for hydroxylation is 1. The van der Waals surface area contributed by atoms with Crippen molar-refractivity contribution in [3.8, 4) is 5.75 Å². The SMILES string of the molecule is Cc1ccsc1CN1CCn2c(COc3cccnc3)cnc2[C@@H]1C. The van der Waals surface area contributed by atoms with Crippen molar-refractivity contribution in [3.63, 3.8) is 0 Å². The van der Waals surface area contributed by atoms with Crippen LogP contribution >= 0.6 is 11.3 Å². The molecule has 0 radical (unpaired) electrons. The van der Waals surface area contributed by atoms with Gasteiger partial charge in [-0.2, -0.15) is 0 Å². The van der Waals surface area contributed by atoms with Crippen LogP contribution in [-0.2, 0) is 19.7 Å². The summed E-state index contributed by atoms with van der Waals surface area (Å²) < 4.78 is 8.15. The maximum absolute atomic E-state index is 5.84. The molecule has 0 bridgehead atoms. The van der Waals surface area contributed by atoms with Crippen molar-refractivity contribution in [3.05, 3.63) is 64.1 Å². The number of nitrogens with zero attached hydrogens (tertiary/aromatic N) is 4. The second kappa shape index (κ2) is 6.98. The first-order valence-corrected chi connectivity index (χ1v) is 9.44. The first-order valence-electron chi connectivity index (χ1n) is 8.56. The molecule has 1 aliphatic rings. The van der Waals surface area contributed by atoms with Gasteiger partial charge in [0.2, 0.25) is 0 Å². The molecule has 4 heterocycles. The molecule has 0 fully saturated rings. The van der Waals surface area contributed by atoms with E-state index in [1.807, 2.05) is 29.7 Å². The molecule has 3 aromatic rings. The summed E-state index contributed by atoms with van der Waals surface area (Å²) in [7, 11) is 0. The summed E-state index contributed by atoms with van der Waals surface area (Å²) in [6.45, 7) is 7.94. The maximum Gasteiger partial charge on any atom is 0.138 e. The van der Waals surface area contributed by atoms with Gasteiger partial charge in [0.25, 0.3) is 0 Å². The summed E-state index contributed by atoms with van der Waals surface area (Å²) in [6.07, 6.45) is 5.43. The summed E-state index contributed by atoms with van der Waals surface area (Å²) in [5.41, 5.74) is 2.51. The Morgan fingerprint density at radius 1 is 1.28 bits per heavy atom. The van der Waals surface area contributed by atoms with Crippen LogP contribution in [0.5, 0.6) is 5.75 Å². The molecule has 25 heavy (non-hydrogen) atoms. The van der Waals surface area contributed by atoms with Crippen LogP contribution in [0, 0.1) is 6.92 Å². The van der Waals surface area contributed by atoms with E-state index < -0.39 is 0 Å². The normalized spacial score (nSPS) is 17.4. The Morgan fingerprint density at radius 2 is 2.20 bits per heavy atom. The number of pyridine rings is 1. The number of rotatable bonds is 5. The van der Waals surface area contributed by atoms with E-state index in [2.05, 4.69) is 44.7 Å². The molecule has 0 aromatic carbocycles. The molecular weight excluding hydrogens is 332 g/mol. The topological polar surface area (TPSA) is 43.2 Å². The van der Waals surface area contributed by atoms with Crippen molar-refractivity contribution in [2.24, 2.45) is 0 Å². The first kappa shape index (κ1) is 16.3. The van der Waals surface area contributed by atoms with E-state index in [1.165, 1.54) is 10.4 Å². The predicted octanol–water partition coefficient (Wildman–Crippen LogP) is 3.80. The van der Waals surface area contributed by atoms with Crippen molar-refractivity contribution < 1.29 is 4.74 Å². The van der Waals surface area contributed by atoms with E-state index in [0.29, 0.717) is 12.6 Å². The molecule has 0 aliphatic carbocycles. The van der Waals surface area contributed by atoms with Gasteiger partial charge in [-0.1, -0.05) is 0 Å². The third-order valence-electron chi connectivity index (χ3n) is 4.84. The molecule has 6 heteroatoms. The minimum atomic E-state index is 0.308. The average Bonchev–Trinajstić information content (AvgIpc) is 3.23. The predicted molar refractivity (Wildman–Crippen MR) is 98.7 cm³/mol. The second-order valence-corrected chi connectivity index (χ2v) is 7.41. The Labute approximate surface area is 151 Å². The van der Waals surface area contributed by atoms with Gasteiger partial charge < -0.3 is 9.30 Å². The van der Waals surface area contributed by atoms with Gasteiger partial charge in [0.1, 0.15) is 18.2 Å². The lowest BCUT2D eigenvalue weighted by atomic mass is 10.2. The number of ether oxygens (including phenoxy) is 1. The Bertz CT molecular complexity index is 842. The van der Waals surface area contributed by atoms with E-state index in [1.54, 1.807) is 12.4 Å². The fourth-order valence-electron chi connectivity index (χ4n) is 3.28. The van der Waals surface area contributed by atoms with Crippen molar-refractivity contribution in [1.29, 1.82) is 0 Å². The van der Waals surface area contributed by atoms with E-state index in [9.17, 15) is 0 Å². The molecule has 5 nitrogen and oxygen atoms in total. The van der Waals surface area contributed by atoms with Crippen LogP contribution < -0.4 is 4.74 Å². The summed E-state index contributed by atoms with van der Waals surface area (Å²) in [6, 6.07) is 6.31. The summed E-state index contributed by atoms with van der Waals surface area (Å²) >= 11 is 1.84. The number of imidazole rings is 1. The lowest BCUT2D eigenvalue weighted by Gasteiger charge is -2.34. The third kappa shape index (κ3) is 3.32. The largest absolute Gasteiger partial charge is 0.486 e. The van der Waals surface area contributed by atoms with E-state index in [-0.39, 0.29) is 0 Å². The molecule has 0 unspecified atom stereocenters. The van der Waals surface area contributed by atoms with Gasteiger partial charge in [-0.25, -0.2) is 4.98 Å². The molecule has 3 aromatic heterocycles. The Hall–Kier alpha value is -2.18. The highest BCUT2D eigenvalue weighted by atomic mass is 32.1. The van der Waals surface area contributed by atoms with Crippen LogP contribution in [0.2, 0.25) is 0 Å². The quantitative estimate of drug-likeness (QED) is 0.699. The molecule has 0 saturated carbocycles. The van der Waals surface area contributed by atoms with Gasteiger partial charge in [0.15, 0.2) is 0 Å². The number of hydrogen-bond donors (Lipinski definition) is 0. The molecule has 1 atom stereocenters. The monoisotopic (exact) mass is 354 g/mol. The van der Waals surface area contributed by atoms with Crippen molar-refractivity contribution in [1.82, 2.24) is 19.4 Å². The summed E-state index contributed by atoms with van der Waals surface area (Å²) in [5.74, 6) is 1.92. The first-order chi connectivity index (χ1) is 12.2. The molecule has 0 saturated heterocycles. The minimum Gasteiger partial charge on any atom is -0.486 e. The lowest BCUT2D eigenvalue weighted by Crippen LogP contribution is -2.37. The fourth-order valence-corrected chi connectivity index (χ4v) is 4.21. The molecule has 0 spiro atoms. The van der Waals surface area contributed by atoms with Crippen molar-refractivity contribution in [2.75, 3.05) is 6.54 Å². The molecule has 130 valence electrons. The third-order valence-corrected chi connectivity index (χ3v) is 5.85.